The van der Waals surface area contributed by atoms with Crippen LogP contribution in [0.4, 0.5) is 4.39 Å². The van der Waals surface area contributed by atoms with Crippen molar-refractivity contribution in [2.45, 2.75) is 26.4 Å². The van der Waals surface area contributed by atoms with Crippen molar-refractivity contribution in [3.8, 4) is 0 Å². The third kappa shape index (κ3) is 3.86. The maximum atomic E-state index is 13.5. The summed E-state index contributed by atoms with van der Waals surface area (Å²) in [6.45, 7) is 5.24. The molecule has 0 heterocycles. The first kappa shape index (κ1) is 13.2. The molecule has 0 amide bonds. The molecule has 0 radical (unpaired) electrons. The zero-order chi connectivity index (χ0) is 13.1. The summed E-state index contributed by atoms with van der Waals surface area (Å²) in [5, 5.41) is 3.22. The number of carbonyl (C=O) groups excluding carboxylic acids is 1. The molecule has 0 fully saturated rings. The van der Waals surface area contributed by atoms with Gasteiger partial charge in [-0.2, -0.15) is 5.10 Å². The minimum absolute atomic E-state index is 0.159. The minimum atomic E-state index is -0.606. The number of carbonyl (C=O) groups is 1. The van der Waals surface area contributed by atoms with Gasteiger partial charge in [0, 0.05) is 5.56 Å². The van der Waals surface area contributed by atoms with Gasteiger partial charge in [0.2, 0.25) is 0 Å². The van der Waals surface area contributed by atoms with Crippen LogP contribution in [0.1, 0.15) is 36.7 Å². The Bertz CT molecular complexity index is 450. The van der Waals surface area contributed by atoms with E-state index in [0.29, 0.717) is 0 Å². The molecular weight excluding hydrogens is 223 g/mol. The first-order chi connectivity index (χ1) is 7.83. The van der Waals surface area contributed by atoms with Gasteiger partial charge >= 0.3 is 5.97 Å². The summed E-state index contributed by atoms with van der Waals surface area (Å²) in [7, 11) is 0. The molecule has 0 atom stereocenters. The van der Waals surface area contributed by atoms with Crippen LogP contribution in [0.25, 0.3) is 0 Å². The van der Waals surface area contributed by atoms with Crippen LogP contribution in [-0.2, 0) is 4.74 Å². The first-order valence-corrected chi connectivity index (χ1v) is 5.09. The van der Waals surface area contributed by atoms with Crippen molar-refractivity contribution in [2.75, 3.05) is 0 Å². The van der Waals surface area contributed by atoms with Gasteiger partial charge in [0.15, 0.2) is 0 Å². The fraction of sp³-hybridized carbons (Fsp3) is 0.333. The highest BCUT2D eigenvalue weighted by Gasteiger charge is 2.18. The third-order valence-electron chi connectivity index (χ3n) is 1.85. The van der Waals surface area contributed by atoms with Crippen molar-refractivity contribution in [3.63, 3.8) is 0 Å². The lowest BCUT2D eigenvalue weighted by molar-refractivity contribution is 0.00690. The van der Waals surface area contributed by atoms with Gasteiger partial charge in [-0.05, 0) is 39.0 Å². The van der Waals surface area contributed by atoms with Crippen LogP contribution in [0.3, 0.4) is 0 Å². The van der Waals surface area contributed by atoms with Crippen molar-refractivity contribution < 1.29 is 13.9 Å². The molecule has 0 spiro atoms. The predicted octanol–water partition coefficient (Wildman–Crippen LogP) is 2.07. The number of hydrazone groups is 1. The van der Waals surface area contributed by atoms with Crippen molar-refractivity contribution in [1.29, 1.82) is 0 Å². The van der Waals surface area contributed by atoms with E-state index in [2.05, 4.69) is 5.10 Å². The molecule has 1 aromatic carbocycles. The molecule has 0 bridgehead atoms. The van der Waals surface area contributed by atoms with Gasteiger partial charge < -0.3 is 10.6 Å². The topological polar surface area (TPSA) is 64.7 Å². The second kappa shape index (κ2) is 4.95. The van der Waals surface area contributed by atoms with Crippen LogP contribution in [0.5, 0.6) is 0 Å². The Kier molecular flexibility index (Phi) is 3.83. The molecule has 0 aromatic heterocycles. The molecule has 4 nitrogen and oxygen atoms in total. The number of halogens is 1. The van der Waals surface area contributed by atoms with Crippen LogP contribution in [0.15, 0.2) is 23.3 Å². The molecule has 0 aliphatic carbocycles. The van der Waals surface area contributed by atoms with Gasteiger partial charge in [-0.1, -0.05) is 0 Å². The average Bonchev–Trinajstić information content (AvgIpc) is 2.18. The number of nitrogens with two attached hydrogens (primary N) is 1. The Morgan fingerprint density at radius 3 is 2.59 bits per heavy atom. The van der Waals surface area contributed by atoms with E-state index in [1.165, 1.54) is 18.3 Å². The highest BCUT2D eigenvalue weighted by molar-refractivity contribution is 5.91. The van der Waals surface area contributed by atoms with Crippen molar-refractivity contribution in [1.82, 2.24) is 0 Å². The number of ether oxygens (including phenoxy) is 1. The van der Waals surface area contributed by atoms with Crippen molar-refractivity contribution in [3.05, 3.63) is 35.1 Å². The summed E-state index contributed by atoms with van der Waals surface area (Å²) in [5.41, 5.74) is -0.225. The molecule has 17 heavy (non-hydrogen) atoms. The van der Waals surface area contributed by atoms with E-state index < -0.39 is 17.4 Å². The Balaban J connectivity index is 2.94. The summed E-state index contributed by atoms with van der Waals surface area (Å²) < 4.78 is 18.6. The molecule has 5 heteroatoms. The van der Waals surface area contributed by atoms with Crippen molar-refractivity contribution in [2.24, 2.45) is 10.9 Å². The molecule has 1 aromatic rings. The van der Waals surface area contributed by atoms with Crippen LogP contribution < -0.4 is 5.84 Å². The fourth-order valence-electron chi connectivity index (χ4n) is 1.18. The van der Waals surface area contributed by atoms with E-state index >= 15 is 0 Å². The predicted molar refractivity (Wildman–Crippen MR) is 63.3 cm³/mol. The second-order valence-electron chi connectivity index (χ2n) is 4.52. The lowest BCUT2D eigenvalue weighted by Gasteiger charge is -2.19. The van der Waals surface area contributed by atoms with Gasteiger partial charge in [-0.25, -0.2) is 9.18 Å². The number of esters is 1. The number of rotatable bonds is 2. The van der Waals surface area contributed by atoms with Gasteiger partial charge in [0.1, 0.15) is 11.4 Å². The molecule has 0 aliphatic heterocycles. The van der Waals surface area contributed by atoms with E-state index in [1.807, 2.05) is 0 Å². The summed E-state index contributed by atoms with van der Waals surface area (Å²) in [5.74, 6) is 3.79. The van der Waals surface area contributed by atoms with Crippen LogP contribution in [-0.4, -0.2) is 17.8 Å². The van der Waals surface area contributed by atoms with Gasteiger partial charge in [0.25, 0.3) is 0 Å². The highest BCUT2D eigenvalue weighted by atomic mass is 19.1. The van der Waals surface area contributed by atoms with E-state index in [0.717, 1.165) is 6.07 Å². The lowest BCUT2D eigenvalue weighted by Crippen LogP contribution is -2.24. The minimum Gasteiger partial charge on any atom is -0.456 e. The average molecular weight is 238 g/mol. The van der Waals surface area contributed by atoms with E-state index in [1.54, 1.807) is 20.8 Å². The van der Waals surface area contributed by atoms with E-state index in [-0.39, 0.29) is 11.1 Å². The van der Waals surface area contributed by atoms with Crippen LogP contribution in [0, 0.1) is 5.82 Å². The summed E-state index contributed by atoms with van der Waals surface area (Å²) in [6.07, 6.45) is 1.17. The second-order valence-corrected chi connectivity index (χ2v) is 4.52. The van der Waals surface area contributed by atoms with E-state index in [9.17, 15) is 9.18 Å². The number of benzene rings is 1. The summed E-state index contributed by atoms with van der Waals surface area (Å²) in [4.78, 5) is 11.6. The maximum Gasteiger partial charge on any atom is 0.338 e. The standard InChI is InChI=1S/C12H15FN2O2/c1-12(2,3)17-11(16)8-4-5-9(7-15-14)10(13)6-8/h4-7H,14H2,1-3H3. The molecule has 92 valence electrons. The largest absolute Gasteiger partial charge is 0.456 e. The normalized spacial score (nSPS) is 11.8. The monoisotopic (exact) mass is 238 g/mol. The molecular formula is C12H15FN2O2. The number of hydrogen-bond acceptors (Lipinski definition) is 4. The molecule has 2 N–H and O–H groups in total. The molecule has 0 unspecified atom stereocenters. The number of nitrogens with zero attached hydrogens (tertiary/aromatic N) is 1. The zero-order valence-electron chi connectivity index (χ0n) is 10.0. The zero-order valence-corrected chi connectivity index (χ0v) is 10.0. The third-order valence-corrected chi connectivity index (χ3v) is 1.85. The first-order valence-electron chi connectivity index (χ1n) is 5.09. The van der Waals surface area contributed by atoms with Crippen molar-refractivity contribution >= 4 is 12.2 Å². The molecule has 0 saturated carbocycles. The molecule has 1 rings (SSSR count). The molecule has 0 aliphatic rings. The SMILES string of the molecule is CC(C)(C)OC(=O)c1ccc(C=NN)c(F)c1. The Labute approximate surface area is 99.3 Å². The van der Waals surface area contributed by atoms with Crippen LogP contribution in [0.2, 0.25) is 0 Å². The number of hydrogen-bond donors (Lipinski definition) is 1. The van der Waals surface area contributed by atoms with Crippen LogP contribution >= 0.6 is 0 Å². The highest BCUT2D eigenvalue weighted by Crippen LogP contribution is 2.14. The van der Waals surface area contributed by atoms with Gasteiger partial charge in [0.05, 0.1) is 11.8 Å². The Morgan fingerprint density at radius 2 is 2.12 bits per heavy atom. The Morgan fingerprint density at radius 1 is 1.47 bits per heavy atom. The van der Waals surface area contributed by atoms with E-state index in [4.69, 9.17) is 10.6 Å². The summed E-state index contributed by atoms with van der Waals surface area (Å²) in [6, 6.07) is 3.99. The molecule has 0 saturated heterocycles. The lowest BCUT2D eigenvalue weighted by atomic mass is 10.1. The van der Waals surface area contributed by atoms with Gasteiger partial charge in [-0.3, -0.25) is 0 Å². The Hall–Kier alpha value is -1.91. The fourth-order valence-corrected chi connectivity index (χ4v) is 1.18. The summed E-state index contributed by atoms with van der Waals surface area (Å²) >= 11 is 0. The quantitative estimate of drug-likeness (QED) is 0.371. The van der Waals surface area contributed by atoms with Gasteiger partial charge in [-0.15, -0.1) is 0 Å². The maximum absolute atomic E-state index is 13.5. The smallest absolute Gasteiger partial charge is 0.338 e.